The molecule has 0 saturated carbocycles. The first-order chi connectivity index (χ1) is 22.5. The molecule has 0 fully saturated rings. The summed E-state index contributed by atoms with van der Waals surface area (Å²) >= 11 is 0. The van der Waals surface area contributed by atoms with Crippen LogP contribution in [0.4, 0.5) is 27.4 Å². The van der Waals surface area contributed by atoms with Gasteiger partial charge in [-0.05, 0) is 68.0 Å². The van der Waals surface area contributed by atoms with Gasteiger partial charge < -0.3 is 4.90 Å². The second kappa shape index (κ2) is 15.9. The molecule has 0 saturated heterocycles. The molecule has 2 aromatic heterocycles. The van der Waals surface area contributed by atoms with E-state index >= 15 is 0 Å². The van der Waals surface area contributed by atoms with Gasteiger partial charge in [-0.3, -0.25) is 9.47 Å². The number of para-hydroxylation sites is 2. The summed E-state index contributed by atoms with van der Waals surface area (Å²) in [6, 6.07) is 21.9. The molecular weight excluding hydrogens is 583 g/mol. The summed E-state index contributed by atoms with van der Waals surface area (Å²) in [5.41, 5.74) is 7.25. The number of imidazole rings is 1. The smallest absolute Gasteiger partial charge is 0.216 e. The molecule has 250 valence electrons. The van der Waals surface area contributed by atoms with Crippen LogP contribution in [0, 0.1) is 11.8 Å². The predicted molar refractivity (Wildman–Crippen MR) is 198 cm³/mol. The van der Waals surface area contributed by atoms with Gasteiger partial charge in [0.1, 0.15) is 5.82 Å². The van der Waals surface area contributed by atoms with Gasteiger partial charge in [0.15, 0.2) is 5.82 Å². The minimum absolute atomic E-state index is 0.181. The Kier molecular flexibility index (Phi) is 12.0. The molecule has 4 aromatic rings. The fraction of sp³-hybridized carbons (Fsp3) is 0.400. The van der Waals surface area contributed by atoms with Crippen molar-refractivity contribution in [2.24, 2.45) is 11.8 Å². The molecule has 2 aromatic carbocycles. The summed E-state index contributed by atoms with van der Waals surface area (Å²) in [7, 11) is 0. The Morgan fingerprint density at radius 1 is 0.787 bits per heavy atom. The van der Waals surface area contributed by atoms with Gasteiger partial charge in [-0.1, -0.05) is 114 Å². The van der Waals surface area contributed by atoms with E-state index in [0.717, 1.165) is 39.3 Å². The first-order valence-corrected chi connectivity index (χ1v) is 17.1. The van der Waals surface area contributed by atoms with Crippen molar-refractivity contribution in [3.63, 3.8) is 0 Å². The number of hydrogen-bond acceptors (Lipinski definition) is 5. The number of benzene rings is 2. The summed E-state index contributed by atoms with van der Waals surface area (Å²) < 4.78 is 17.0. The van der Waals surface area contributed by atoms with E-state index in [1.165, 1.54) is 30.5 Å². The topological polar surface area (TPSA) is 40.4 Å². The van der Waals surface area contributed by atoms with Gasteiger partial charge in [0.25, 0.3) is 0 Å². The van der Waals surface area contributed by atoms with Crippen LogP contribution in [-0.4, -0.2) is 26.9 Å². The van der Waals surface area contributed by atoms with Crippen LogP contribution in [-0.2, 0) is 0 Å². The van der Waals surface area contributed by atoms with Gasteiger partial charge in [0, 0.05) is 35.9 Å². The summed E-state index contributed by atoms with van der Waals surface area (Å²) in [5, 5.41) is 0.830. The number of nitrogens with zero attached hydrogens (tertiary/aromatic N) is 6. The van der Waals surface area contributed by atoms with Crippen LogP contribution in [0.3, 0.4) is 0 Å². The Hall–Kier alpha value is -4.39. The van der Waals surface area contributed by atoms with Crippen LogP contribution >= 0.6 is 0 Å². The zero-order chi connectivity index (χ0) is 34.2. The number of anilines is 4. The zero-order valence-corrected chi connectivity index (χ0v) is 29.8. The van der Waals surface area contributed by atoms with E-state index in [1.807, 2.05) is 65.8 Å². The second-order valence-electron chi connectivity index (χ2n) is 13.1. The molecule has 0 aliphatic carbocycles. The fourth-order valence-electron chi connectivity index (χ4n) is 5.88. The highest BCUT2D eigenvalue weighted by Crippen LogP contribution is 2.52. The van der Waals surface area contributed by atoms with Gasteiger partial charge in [-0.2, -0.15) is 5.12 Å². The van der Waals surface area contributed by atoms with Crippen molar-refractivity contribution in [1.82, 2.24) is 14.5 Å². The number of unbranched alkanes of at least 4 members (excludes halogenated alkanes) is 2. The largest absolute Gasteiger partial charge is 0.326 e. The van der Waals surface area contributed by atoms with Gasteiger partial charge in [0.2, 0.25) is 6.29 Å². The maximum Gasteiger partial charge on any atom is 0.216 e. The minimum atomic E-state index is -0.475. The average molecular weight is 637 g/mol. The van der Waals surface area contributed by atoms with Crippen LogP contribution in [0.1, 0.15) is 81.6 Å². The lowest BCUT2D eigenvalue weighted by molar-refractivity contribution is 0.370. The molecule has 2 aliphatic heterocycles. The number of halogens is 1. The average Bonchev–Trinajstić information content (AvgIpc) is 3.76. The highest BCUT2D eigenvalue weighted by Gasteiger charge is 2.49. The molecular formula is C40H53FN6. The molecule has 0 N–H and O–H groups in total. The highest BCUT2D eigenvalue weighted by molar-refractivity contribution is 5.91. The Morgan fingerprint density at radius 3 is 1.98 bits per heavy atom. The molecule has 0 bridgehead atoms. The SMILES string of the molecule is C=C(/C(=C(\C)C(C)C)n1ccnc1-c1ccccc1)C(C)C.CC(C)N1c2cccnc2N2c3ccccc3N(F)C21.CCCCC. The lowest BCUT2D eigenvalue weighted by Crippen LogP contribution is -2.49. The Labute approximate surface area is 282 Å². The van der Waals surface area contributed by atoms with Crippen molar-refractivity contribution in [1.29, 1.82) is 0 Å². The second-order valence-corrected chi connectivity index (χ2v) is 13.1. The number of allylic oxidation sites excluding steroid dienone is 3. The number of pyridine rings is 1. The molecule has 6 rings (SSSR count). The van der Waals surface area contributed by atoms with Crippen LogP contribution in [0.15, 0.2) is 103 Å². The molecule has 47 heavy (non-hydrogen) atoms. The number of fused-ring (bicyclic) bond motifs is 5. The molecule has 4 heterocycles. The third kappa shape index (κ3) is 7.45. The van der Waals surface area contributed by atoms with Gasteiger partial charge >= 0.3 is 0 Å². The van der Waals surface area contributed by atoms with E-state index in [1.54, 1.807) is 12.3 Å². The highest BCUT2D eigenvalue weighted by atomic mass is 19.2. The van der Waals surface area contributed by atoms with Gasteiger partial charge in [-0.25, -0.2) is 9.97 Å². The van der Waals surface area contributed by atoms with Crippen LogP contribution < -0.4 is 14.9 Å². The van der Waals surface area contributed by atoms with Crippen molar-refractivity contribution < 1.29 is 4.48 Å². The first-order valence-electron chi connectivity index (χ1n) is 17.1. The third-order valence-electron chi connectivity index (χ3n) is 8.74. The summed E-state index contributed by atoms with van der Waals surface area (Å²) in [6.07, 6.45) is 9.26. The van der Waals surface area contributed by atoms with Crippen LogP contribution in [0.25, 0.3) is 17.1 Å². The lowest BCUT2D eigenvalue weighted by atomic mass is 9.93. The monoisotopic (exact) mass is 636 g/mol. The number of aromatic nitrogens is 3. The first kappa shape index (κ1) is 35.5. The molecule has 1 unspecified atom stereocenters. The van der Waals surface area contributed by atoms with Gasteiger partial charge in [0.05, 0.1) is 17.1 Å². The molecule has 1 atom stereocenters. The maximum absolute atomic E-state index is 14.8. The maximum atomic E-state index is 14.8. The standard InChI is InChI=1S/C20H26N2.C15H15FN4.C5H12/c1-14(2)16(5)19(17(6)15(3)4)22-13-12-21-20(22)18-10-8-7-9-11-18;1-10(2)18-13-8-5-9-17-14(13)19-11-6-3-4-7-12(11)20(16)15(18)19;1-3-5-4-2/h7-15H,5H2,1-4,6H3;3-10,15H,1-2H3;3-5H2,1-2H3/b19-17-;;. The van der Waals surface area contributed by atoms with Crippen molar-refractivity contribution in [3.05, 3.63) is 103 Å². The van der Waals surface area contributed by atoms with Crippen molar-refractivity contribution >= 4 is 28.6 Å². The Morgan fingerprint density at radius 2 is 1.40 bits per heavy atom. The molecule has 7 heteroatoms. The minimum Gasteiger partial charge on any atom is -0.326 e. The molecule has 0 amide bonds. The number of hydrogen-bond donors (Lipinski definition) is 0. The van der Waals surface area contributed by atoms with Gasteiger partial charge in [-0.15, -0.1) is 0 Å². The van der Waals surface area contributed by atoms with Crippen molar-refractivity contribution in [2.45, 2.75) is 93.9 Å². The molecule has 0 radical (unpaired) electrons. The van der Waals surface area contributed by atoms with Crippen LogP contribution in [0.5, 0.6) is 0 Å². The van der Waals surface area contributed by atoms with E-state index < -0.39 is 6.29 Å². The van der Waals surface area contributed by atoms with E-state index in [-0.39, 0.29) is 6.04 Å². The molecule has 2 aliphatic rings. The zero-order valence-electron chi connectivity index (χ0n) is 29.8. The number of rotatable bonds is 8. The summed E-state index contributed by atoms with van der Waals surface area (Å²) in [5.74, 6) is 2.66. The van der Waals surface area contributed by atoms with Crippen molar-refractivity contribution in [3.8, 4) is 11.4 Å². The van der Waals surface area contributed by atoms with E-state index in [2.05, 4.69) is 100 Å². The van der Waals surface area contributed by atoms with E-state index in [9.17, 15) is 4.48 Å². The normalized spacial score (nSPS) is 15.1. The van der Waals surface area contributed by atoms with E-state index in [0.29, 0.717) is 17.5 Å². The lowest BCUT2D eigenvalue weighted by Gasteiger charge is -2.32. The predicted octanol–water partition coefficient (Wildman–Crippen LogP) is 11.3. The summed E-state index contributed by atoms with van der Waals surface area (Å²) in [4.78, 5) is 13.1. The summed E-state index contributed by atoms with van der Waals surface area (Å²) in [6.45, 7) is 23.9. The molecule has 0 spiro atoms. The Bertz CT molecular complexity index is 1640. The molecule has 6 nitrogen and oxygen atoms in total. The van der Waals surface area contributed by atoms with Crippen LogP contribution in [0.2, 0.25) is 0 Å². The quantitative estimate of drug-likeness (QED) is 0.142. The van der Waals surface area contributed by atoms with Crippen molar-refractivity contribution in [2.75, 3.05) is 14.9 Å². The van der Waals surface area contributed by atoms with E-state index in [4.69, 9.17) is 0 Å². The third-order valence-corrected chi connectivity index (χ3v) is 8.74. The Balaban J connectivity index is 0.000000187. The fourth-order valence-corrected chi connectivity index (χ4v) is 5.88.